The standard InChI is InChI=1S/C24H28N2O5S/c1-29-19-10-9-16(12-20(19)30-2)22-13-24(28)26(18-7-3-4-8-21(18)32-22)15-23(27)25-14-17-6-5-11-31-17/h3-4,7-10,12,17,22H,5-6,11,13-15H2,1-2H3,(H,25,27)/t17-,22-/m0/s1. The number of anilines is 1. The largest absolute Gasteiger partial charge is 0.493 e. The summed E-state index contributed by atoms with van der Waals surface area (Å²) < 4.78 is 16.4. The molecule has 0 unspecified atom stereocenters. The molecule has 7 nitrogen and oxygen atoms in total. The summed E-state index contributed by atoms with van der Waals surface area (Å²) in [5.41, 5.74) is 1.73. The molecule has 2 aliphatic heterocycles. The fraction of sp³-hybridized carbons (Fsp3) is 0.417. The van der Waals surface area contributed by atoms with Gasteiger partial charge >= 0.3 is 0 Å². The molecule has 2 aromatic rings. The zero-order valence-electron chi connectivity index (χ0n) is 18.3. The molecule has 0 saturated carbocycles. The lowest BCUT2D eigenvalue weighted by molar-refractivity contribution is -0.124. The minimum absolute atomic E-state index is 0.0121. The van der Waals surface area contributed by atoms with Crippen molar-refractivity contribution in [2.45, 2.75) is 35.5 Å². The topological polar surface area (TPSA) is 77.1 Å². The number of amides is 2. The van der Waals surface area contributed by atoms with Crippen molar-refractivity contribution >= 4 is 29.3 Å². The van der Waals surface area contributed by atoms with E-state index in [1.807, 2.05) is 42.5 Å². The number of nitrogens with one attached hydrogen (secondary N) is 1. The summed E-state index contributed by atoms with van der Waals surface area (Å²) in [5, 5.41) is 2.81. The average Bonchev–Trinajstić information content (AvgIpc) is 3.30. The molecular formula is C24H28N2O5S. The van der Waals surface area contributed by atoms with Crippen molar-refractivity contribution in [2.75, 3.05) is 38.8 Å². The fourth-order valence-corrected chi connectivity index (χ4v) is 5.29. The van der Waals surface area contributed by atoms with Crippen LogP contribution in [0.1, 0.15) is 30.1 Å². The quantitative estimate of drug-likeness (QED) is 0.687. The van der Waals surface area contributed by atoms with Gasteiger partial charge in [-0.2, -0.15) is 0 Å². The third kappa shape index (κ3) is 5.02. The Morgan fingerprint density at radius 1 is 1.19 bits per heavy atom. The number of carbonyl (C=O) groups is 2. The first-order valence-electron chi connectivity index (χ1n) is 10.8. The van der Waals surface area contributed by atoms with Gasteiger partial charge in [0.15, 0.2) is 11.5 Å². The van der Waals surface area contributed by atoms with E-state index in [0.29, 0.717) is 18.0 Å². The maximum absolute atomic E-state index is 13.3. The Bertz CT molecular complexity index is 977. The van der Waals surface area contributed by atoms with E-state index in [2.05, 4.69) is 5.32 Å². The molecule has 0 bridgehead atoms. The molecular weight excluding hydrogens is 428 g/mol. The lowest BCUT2D eigenvalue weighted by Crippen LogP contribution is -2.42. The van der Waals surface area contributed by atoms with Crippen LogP contribution in [0, 0.1) is 0 Å². The van der Waals surface area contributed by atoms with E-state index in [-0.39, 0.29) is 36.1 Å². The second kappa shape index (κ2) is 10.3. The monoisotopic (exact) mass is 456 g/mol. The van der Waals surface area contributed by atoms with E-state index >= 15 is 0 Å². The zero-order valence-corrected chi connectivity index (χ0v) is 19.2. The van der Waals surface area contributed by atoms with Crippen LogP contribution < -0.4 is 19.7 Å². The minimum atomic E-state index is -0.182. The SMILES string of the molecule is COc1ccc([C@@H]2CC(=O)N(CC(=O)NC[C@@H]3CCCO3)c3ccccc3S2)cc1OC. The first-order valence-corrected chi connectivity index (χ1v) is 11.6. The summed E-state index contributed by atoms with van der Waals surface area (Å²) in [6.45, 7) is 1.21. The molecule has 1 N–H and O–H groups in total. The Balaban J connectivity index is 1.53. The van der Waals surface area contributed by atoms with Gasteiger partial charge in [-0.25, -0.2) is 0 Å². The summed E-state index contributed by atoms with van der Waals surface area (Å²) in [5.74, 6) is 1.000. The number of benzene rings is 2. The Kier molecular flexibility index (Phi) is 7.22. The number of thioether (sulfide) groups is 1. The zero-order chi connectivity index (χ0) is 22.5. The molecule has 1 saturated heterocycles. The van der Waals surface area contributed by atoms with Gasteiger partial charge in [0.25, 0.3) is 0 Å². The molecule has 2 atom stereocenters. The van der Waals surface area contributed by atoms with Gasteiger partial charge in [-0.1, -0.05) is 18.2 Å². The summed E-state index contributed by atoms with van der Waals surface area (Å²) in [7, 11) is 3.19. The fourth-order valence-electron chi connectivity index (χ4n) is 4.02. The van der Waals surface area contributed by atoms with Crippen LogP contribution in [0.2, 0.25) is 0 Å². The normalized spacial score (nSPS) is 20.4. The van der Waals surface area contributed by atoms with Crippen molar-refractivity contribution in [3.63, 3.8) is 0 Å². The highest BCUT2D eigenvalue weighted by atomic mass is 32.2. The Morgan fingerprint density at radius 2 is 2.00 bits per heavy atom. The van der Waals surface area contributed by atoms with Crippen molar-refractivity contribution in [1.82, 2.24) is 5.32 Å². The molecule has 0 aliphatic carbocycles. The van der Waals surface area contributed by atoms with E-state index in [1.165, 1.54) is 0 Å². The smallest absolute Gasteiger partial charge is 0.240 e. The van der Waals surface area contributed by atoms with E-state index in [4.69, 9.17) is 14.2 Å². The maximum Gasteiger partial charge on any atom is 0.240 e. The summed E-state index contributed by atoms with van der Waals surface area (Å²) in [4.78, 5) is 28.5. The first kappa shape index (κ1) is 22.5. The van der Waals surface area contributed by atoms with Crippen LogP contribution in [-0.4, -0.2) is 51.8 Å². The second-order valence-corrected chi connectivity index (χ2v) is 9.06. The predicted octanol–water partition coefficient (Wildman–Crippen LogP) is 3.57. The molecule has 2 heterocycles. The molecule has 2 aromatic carbocycles. The van der Waals surface area contributed by atoms with Crippen molar-refractivity contribution in [3.8, 4) is 11.5 Å². The number of methoxy groups -OCH3 is 2. The number of fused-ring (bicyclic) bond motifs is 1. The van der Waals surface area contributed by atoms with Gasteiger partial charge in [0.05, 0.1) is 26.0 Å². The third-order valence-electron chi connectivity index (χ3n) is 5.72. The summed E-state index contributed by atoms with van der Waals surface area (Å²) in [6.07, 6.45) is 2.31. The summed E-state index contributed by atoms with van der Waals surface area (Å²) >= 11 is 1.62. The van der Waals surface area contributed by atoms with Crippen LogP contribution in [0.25, 0.3) is 0 Å². The van der Waals surface area contributed by atoms with Gasteiger partial charge in [-0.15, -0.1) is 11.8 Å². The Morgan fingerprint density at radius 3 is 2.75 bits per heavy atom. The number of para-hydroxylation sites is 1. The van der Waals surface area contributed by atoms with Gasteiger partial charge in [-0.3, -0.25) is 9.59 Å². The molecule has 1 fully saturated rings. The van der Waals surface area contributed by atoms with Crippen LogP contribution in [-0.2, 0) is 14.3 Å². The van der Waals surface area contributed by atoms with Gasteiger partial charge in [0.1, 0.15) is 6.54 Å². The lowest BCUT2D eigenvalue weighted by Gasteiger charge is -2.22. The number of rotatable bonds is 7. The van der Waals surface area contributed by atoms with E-state index < -0.39 is 0 Å². The number of hydrogen-bond acceptors (Lipinski definition) is 6. The number of nitrogens with zero attached hydrogens (tertiary/aromatic N) is 1. The average molecular weight is 457 g/mol. The van der Waals surface area contributed by atoms with Crippen LogP contribution >= 0.6 is 11.8 Å². The minimum Gasteiger partial charge on any atom is -0.493 e. The van der Waals surface area contributed by atoms with Crippen LogP contribution in [0.5, 0.6) is 11.5 Å². The predicted molar refractivity (Wildman–Crippen MR) is 124 cm³/mol. The maximum atomic E-state index is 13.3. The van der Waals surface area contributed by atoms with E-state index in [0.717, 1.165) is 35.6 Å². The van der Waals surface area contributed by atoms with Gasteiger partial charge in [0.2, 0.25) is 11.8 Å². The third-order valence-corrected chi connectivity index (χ3v) is 7.04. The molecule has 0 radical (unpaired) electrons. The van der Waals surface area contributed by atoms with Crippen LogP contribution in [0.15, 0.2) is 47.4 Å². The molecule has 32 heavy (non-hydrogen) atoms. The number of hydrogen-bond donors (Lipinski definition) is 1. The number of ether oxygens (including phenoxy) is 3. The molecule has 0 spiro atoms. The molecule has 2 amide bonds. The van der Waals surface area contributed by atoms with Crippen LogP contribution in [0.4, 0.5) is 5.69 Å². The molecule has 8 heteroatoms. The molecule has 0 aromatic heterocycles. The number of carbonyl (C=O) groups excluding carboxylic acids is 2. The molecule has 2 aliphatic rings. The second-order valence-electron chi connectivity index (χ2n) is 7.81. The highest BCUT2D eigenvalue weighted by molar-refractivity contribution is 7.99. The van der Waals surface area contributed by atoms with Gasteiger partial charge in [0, 0.05) is 29.7 Å². The summed E-state index contributed by atoms with van der Waals surface area (Å²) in [6, 6.07) is 13.4. The Labute approximate surface area is 192 Å². The van der Waals surface area contributed by atoms with Crippen molar-refractivity contribution < 1.29 is 23.8 Å². The first-order chi connectivity index (χ1) is 15.6. The van der Waals surface area contributed by atoms with Crippen molar-refractivity contribution in [2.24, 2.45) is 0 Å². The lowest BCUT2D eigenvalue weighted by atomic mass is 10.1. The van der Waals surface area contributed by atoms with Crippen LogP contribution in [0.3, 0.4) is 0 Å². The van der Waals surface area contributed by atoms with Crippen molar-refractivity contribution in [1.29, 1.82) is 0 Å². The molecule has 170 valence electrons. The molecule has 4 rings (SSSR count). The highest BCUT2D eigenvalue weighted by Gasteiger charge is 2.31. The van der Waals surface area contributed by atoms with Gasteiger partial charge in [-0.05, 0) is 42.7 Å². The highest BCUT2D eigenvalue weighted by Crippen LogP contribution is 2.46. The van der Waals surface area contributed by atoms with E-state index in [1.54, 1.807) is 30.9 Å². The van der Waals surface area contributed by atoms with Crippen molar-refractivity contribution in [3.05, 3.63) is 48.0 Å². The van der Waals surface area contributed by atoms with Gasteiger partial charge < -0.3 is 24.4 Å². The van der Waals surface area contributed by atoms with E-state index in [9.17, 15) is 9.59 Å². The Hall–Kier alpha value is -2.71.